The fourth-order valence-electron chi connectivity index (χ4n) is 2.48. The van der Waals surface area contributed by atoms with Gasteiger partial charge >= 0.3 is 0 Å². The third-order valence-electron chi connectivity index (χ3n) is 3.93. The number of pyridine rings is 1. The number of hydrogen-bond acceptors (Lipinski definition) is 7. The first-order chi connectivity index (χ1) is 14.0. The summed E-state index contributed by atoms with van der Waals surface area (Å²) < 4.78 is 5.48. The second kappa shape index (κ2) is 9.50. The minimum atomic E-state index is -0.338. The maximum atomic E-state index is 12.4. The number of amides is 1. The topological polar surface area (TPSA) is 115 Å². The zero-order valence-corrected chi connectivity index (χ0v) is 16.4. The van der Waals surface area contributed by atoms with Gasteiger partial charge in [0, 0.05) is 18.4 Å². The van der Waals surface area contributed by atoms with Crippen LogP contribution in [0.15, 0.2) is 55.0 Å². The number of rotatable bonds is 8. The largest absolute Gasteiger partial charge is 0.476 e. The molecule has 0 aliphatic carbocycles. The molecule has 4 N–H and O–H groups in total. The van der Waals surface area contributed by atoms with Crippen LogP contribution in [0, 0.1) is 5.92 Å². The van der Waals surface area contributed by atoms with Crippen molar-refractivity contribution < 1.29 is 9.53 Å². The van der Waals surface area contributed by atoms with Crippen molar-refractivity contribution >= 4 is 23.1 Å². The standard InChI is InChI=1S/C21H24N6O2/c1-14(2)13-29-19-12-25-18(11-26-19)21(28)27-16-6-3-5-15(9-16)10-24-17-7-4-8-23-20(17)22/h3-9,11-12,14,24H,10,13H2,1-2H3,(H2,22,23)(H,27,28). The Bertz CT molecular complexity index is 959. The van der Waals surface area contributed by atoms with Crippen LogP contribution in [0.25, 0.3) is 0 Å². The van der Waals surface area contributed by atoms with E-state index in [9.17, 15) is 4.79 Å². The van der Waals surface area contributed by atoms with Gasteiger partial charge in [-0.1, -0.05) is 26.0 Å². The highest BCUT2D eigenvalue weighted by atomic mass is 16.5. The van der Waals surface area contributed by atoms with Crippen molar-refractivity contribution in [3.05, 3.63) is 66.2 Å². The number of nitrogens with one attached hydrogen (secondary N) is 2. The van der Waals surface area contributed by atoms with Crippen molar-refractivity contribution in [2.24, 2.45) is 5.92 Å². The lowest BCUT2D eigenvalue weighted by molar-refractivity contribution is 0.102. The molecule has 0 fully saturated rings. The predicted molar refractivity (Wildman–Crippen MR) is 113 cm³/mol. The van der Waals surface area contributed by atoms with E-state index < -0.39 is 0 Å². The minimum absolute atomic E-state index is 0.216. The van der Waals surface area contributed by atoms with Crippen LogP contribution in [0.4, 0.5) is 17.2 Å². The summed E-state index contributed by atoms with van der Waals surface area (Å²) >= 11 is 0. The minimum Gasteiger partial charge on any atom is -0.476 e. The van der Waals surface area contributed by atoms with Crippen molar-refractivity contribution in [2.45, 2.75) is 20.4 Å². The van der Waals surface area contributed by atoms with E-state index >= 15 is 0 Å². The molecule has 29 heavy (non-hydrogen) atoms. The van der Waals surface area contributed by atoms with E-state index in [-0.39, 0.29) is 11.6 Å². The summed E-state index contributed by atoms with van der Waals surface area (Å²) in [6, 6.07) is 11.2. The number of aromatic nitrogens is 3. The Morgan fingerprint density at radius 1 is 1.14 bits per heavy atom. The van der Waals surface area contributed by atoms with Gasteiger partial charge < -0.3 is 21.1 Å². The number of hydrogen-bond donors (Lipinski definition) is 3. The molecule has 0 spiro atoms. The van der Waals surface area contributed by atoms with Gasteiger partial charge in [-0.2, -0.15) is 0 Å². The van der Waals surface area contributed by atoms with Gasteiger partial charge in [-0.25, -0.2) is 15.0 Å². The summed E-state index contributed by atoms with van der Waals surface area (Å²) in [6.07, 6.45) is 4.50. The fraction of sp³-hybridized carbons (Fsp3) is 0.238. The third kappa shape index (κ3) is 5.90. The van der Waals surface area contributed by atoms with E-state index in [2.05, 4.69) is 25.6 Å². The lowest BCUT2D eigenvalue weighted by Gasteiger charge is -2.10. The molecule has 0 radical (unpaired) electrons. The Morgan fingerprint density at radius 2 is 2.00 bits per heavy atom. The van der Waals surface area contributed by atoms with E-state index in [1.807, 2.05) is 50.2 Å². The first-order valence-electron chi connectivity index (χ1n) is 9.31. The number of nitrogen functional groups attached to an aromatic ring is 1. The lowest BCUT2D eigenvalue weighted by atomic mass is 10.2. The Balaban J connectivity index is 1.59. The monoisotopic (exact) mass is 392 g/mol. The number of anilines is 3. The molecule has 0 unspecified atom stereocenters. The molecule has 0 aliphatic rings. The molecular formula is C21H24N6O2. The maximum Gasteiger partial charge on any atom is 0.275 e. The normalized spacial score (nSPS) is 10.6. The van der Waals surface area contributed by atoms with Gasteiger partial charge in [0.2, 0.25) is 5.88 Å². The molecule has 1 aromatic carbocycles. The number of nitrogens with zero attached hydrogens (tertiary/aromatic N) is 3. The van der Waals surface area contributed by atoms with Crippen LogP contribution in [-0.4, -0.2) is 27.5 Å². The van der Waals surface area contributed by atoms with Crippen LogP contribution in [-0.2, 0) is 6.54 Å². The van der Waals surface area contributed by atoms with E-state index in [1.54, 1.807) is 6.20 Å². The van der Waals surface area contributed by atoms with Crippen molar-refractivity contribution in [2.75, 3.05) is 23.0 Å². The molecule has 0 saturated carbocycles. The highest BCUT2D eigenvalue weighted by Crippen LogP contribution is 2.17. The van der Waals surface area contributed by atoms with Gasteiger partial charge in [-0.05, 0) is 35.7 Å². The first-order valence-corrected chi connectivity index (χ1v) is 9.31. The SMILES string of the molecule is CC(C)COc1cnc(C(=O)Nc2cccc(CNc3cccnc3N)c2)cn1. The fourth-order valence-corrected chi connectivity index (χ4v) is 2.48. The molecule has 2 aromatic heterocycles. The number of ether oxygens (including phenoxy) is 1. The lowest BCUT2D eigenvalue weighted by Crippen LogP contribution is -2.15. The molecule has 1 amide bonds. The van der Waals surface area contributed by atoms with Gasteiger partial charge in [-0.3, -0.25) is 4.79 Å². The van der Waals surface area contributed by atoms with E-state index in [0.29, 0.717) is 36.5 Å². The molecule has 8 nitrogen and oxygen atoms in total. The van der Waals surface area contributed by atoms with Crippen molar-refractivity contribution in [1.82, 2.24) is 15.0 Å². The van der Waals surface area contributed by atoms with Crippen LogP contribution in [0.3, 0.4) is 0 Å². The molecule has 8 heteroatoms. The molecular weight excluding hydrogens is 368 g/mol. The van der Waals surface area contributed by atoms with E-state index in [4.69, 9.17) is 10.5 Å². The average Bonchev–Trinajstić information content (AvgIpc) is 2.72. The molecule has 2 heterocycles. The van der Waals surface area contributed by atoms with Crippen LogP contribution in [0.1, 0.15) is 29.9 Å². The Labute approximate surface area is 169 Å². The van der Waals surface area contributed by atoms with Gasteiger partial charge in [0.15, 0.2) is 0 Å². The average molecular weight is 392 g/mol. The number of carbonyl (C=O) groups is 1. The van der Waals surface area contributed by atoms with E-state index in [0.717, 1.165) is 11.3 Å². The van der Waals surface area contributed by atoms with Crippen LogP contribution in [0.2, 0.25) is 0 Å². The quantitative estimate of drug-likeness (QED) is 0.538. The molecule has 3 rings (SSSR count). The van der Waals surface area contributed by atoms with Crippen LogP contribution >= 0.6 is 0 Å². The van der Waals surface area contributed by atoms with Crippen LogP contribution in [0.5, 0.6) is 5.88 Å². The van der Waals surface area contributed by atoms with Gasteiger partial charge in [-0.15, -0.1) is 0 Å². The van der Waals surface area contributed by atoms with Crippen molar-refractivity contribution in [3.8, 4) is 5.88 Å². The zero-order chi connectivity index (χ0) is 20.6. The maximum absolute atomic E-state index is 12.4. The summed E-state index contributed by atoms with van der Waals surface area (Å²) in [5.41, 5.74) is 8.46. The predicted octanol–water partition coefficient (Wildman–Crippen LogP) is 3.35. The number of benzene rings is 1. The highest BCUT2D eigenvalue weighted by molar-refractivity contribution is 6.02. The summed E-state index contributed by atoms with van der Waals surface area (Å²) in [7, 11) is 0. The summed E-state index contributed by atoms with van der Waals surface area (Å²) in [5, 5.41) is 6.06. The Kier molecular flexibility index (Phi) is 6.57. The van der Waals surface area contributed by atoms with Gasteiger partial charge in [0.05, 0.1) is 24.7 Å². The van der Waals surface area contributed by atoms with Crippen molar-refractivity contribution in [1.29, 1.82) is 0 Å². The van der Waals surface area contributed by atoms with Crippen molar-refractivity contribution in [3.63, 3.8) is 0 Å². The molecule has 3 aromatic rings. The molecule has 0 bridgehead atoms. The Hall–Kier alpha value is -3.68. The zero-order valence-electron chi connectivity index (χ0n) is 16.4. The second-order valence-corrected chi connectivity index (χ2v) is 6.89. The summed E-state index contributed by atoms with van der Waals surface area (Å²) in [5.74, 6) is 0.889. The highest BCUT2D eigenvalue weighted by Gasteiger charge is 2.10. The third-order valence-corrected chi connectivity index (χ3v) is 3.93. The summed E-state index contributed by atoms with van der Waals surface area (Å²) in [6.45, 7) is 5.18. The van der Waals surface area contributed by atoms with Crippen LogP contribution < -0.4 is 21.1 Å². The first kappa shape index (κ1) is 20.1. The smallest absolute Gasteiger partial charge is 0.275 e. The molecule has 0 aliphatic heterocycles. The second-order valence-electron chi connectivity index (χ2n) is 6.89. The van der Waals surface area contributed by atoms with Gasteiger partial charge in [0.25, 0.3) is 5.91 Å². The molecule has 150 valence electrons. The number of nitrogens with two attached hydrogens (primary N) is 1. The number of carbonyl (C=O) groups excluding carboxylic acids is 1. The van der Waals surface area contributed by atoms with Gasteiger partial charge in [0.1, 0.15) is 11.5 Å². The Morgan fingerprint density at radius 3 is 2.72 bits per heavy atom. The molecule has 0 saturated heterocycles. The molecule has 0 atom stereocenters. The van der Waals surface area contributed by atoms with E-state index in [1.165, 1.54) is 12.4 Å². The summed E-state index contributed by atoms with van der Waals surface area (Å²) in [4.78, 5) is 24.7.